The van der Waals surface area contributed by atoms with E-state index < -0.39 is 42.3 Å². The molecule has 41 heavy (non-hydrogen) atoms. The number of benzene rings is 3. The van der Waals surface area contributed by atoms with E-state index in [0.717, 1.165) is 27.2 Å². The van der Waals surface area contributed by atoms with Crippen LogP contribution in [0.2, 0.25) is 0 Å². The molecule has 4 aliphatic rings. The summed E-state index contributed by atoms with van der Waals surface area (Å²) in [5.41, 5.74) is 4.71. The third kappa shape index (κ3) is 4.29. The number of nitrogens with zero attached hydrogens (tertiary/aromatic N) is 1. The first-order chi connectivity index (χ1) is 19.8. The molecule has 1 N–H and O–H groups in total. The van der Waals surface area contributed by atoms with Crippen LogP contribution in [0.1, 0.15) is 54.9 Å². The highest BCUT2D eigenvalue weighted by molar-refractivity contribution is 6.10. The predicted molar refractivity (Wildman–Crippen MR) is 151 cm³/mol. The second-order valence-corrected chi connectivity index (χ2v) is 11.1. The summed E-state index contributed by atoms with van der Waals surface area (Å²) < 4.78 is 11.0. The van der Waals surface area contributed by atoms with Crippen molar-refractivity contribution in [3.05, 3.63) is 95.1 Å². The number of hydrogen-bond acceptors (Lipinski definition) is 6. The second kappa shape index (κ2) is 10.5. The lowest BCUT2D eigenvalue weighted by Crippen LogP contribution is -2.49. The lowest BCUT2D eigenvalue weighted by molar-refractivity contribution is -0.162. The van der Waals surface area contributed by atoms with Crippen LogP contribution in [0, 0.1) is 17.8 Å². The Morgan fingerprint density at radius 3 is 1.78 bits per heavy atom. The number of anilines is 1. The third-order valence-corrected chi connectivity index (χ3v) is 8.44. The molecule has 8 heteroatoms. The first kappa shape index (κ1) is 26.7. The number of imide groups is 1. The molecule has 210 valence electrons. The molecule has 8 nitrogen and oxygen atoms in total. The van der Waals surface area contributed by atoms with Gasteiger partial charge in [-0.05, 0) is 47.2 Å². The van der Waals surface area contributed by atoms with Gasteiger partial charge in [0.15, 0.2) is 6.61 Å². The summed E-state index contributed by atoms with van der Waals surface area (Å²) in [5, 5.41) is 2.70. The molecule has 1 fully saturated rings. The monoisotopic (exact) mass is 552 g/mol. The van der Waals surface area contributed by atoms with E-state index in [2.05, 4.69) is 5.32 Å². The van der Waals surface area contributed by atoms with Crippen molar-refractivity contribution in [2.45, 2.75) is 38.6 Å². The molecule has 0 unspecified atom stereocenters. The largest absolute Gasteiger partial charge is 0.492 e. The van der Waals surface area contributed by atoms with Gasteiger partial charge in [0.1, 0.15) is 11.8 Å². The summed E-state index contributed by atoms with van der Waals surface area (Å²) in [4.78, 5) is 55.4. The zero-order chi connectivity index (χ0) is 28.8. The number of carbonyl (C=O) groups excluding carboxylic acids is 4. The Labute approximate surface area is 238 Å². The minimum Gasteiger partial charge on any atom is -0.492 e. The van der Waals surface area contributed by atoms with Gasteiger partial charge in [0, 0.05) is 11.8 Å². The van der Waals surface area contributed by atoms with E-state index in [1.165, 1.54) is 0 Å². The van der Waals surface area contributed by atoms with Crippen molar-refractivity contribution in [2.75, 3.05) is 18.5 Å². The molecule has 0 spiro atoms. The topological polar surface area (TPSA) is 102 Å². The van der Waals surface area contributed by atoms with Gasteiger partial charge in [0.25, 0.3) is 5.91 Å². The molecule has 1 heterocycles. The van der Waals surface area contributed by atoms with E-state index in [-0.39, 0.29) is 23.7 Å². The lowest BCUT2D eigenvalue weighted by atomic mass is 9.55. The van der Waals surface area contributed by atoms with Crippen LogP contribution in [0.5, 0.6) is 5.75 Å². The summed E-state index contributed by atoms with van der Waals surface area (Å²) in [6.45, 7) is 5.24. The lowest BCUT2D eigenvalue weighted by Gasteiger charge is -2.45. The van der Waals surface area contributed by atoms with Crippen molar-refractivity contribution in [1.82, 2.24) is 4.90 Å². The van der Waals surface area contributed by atoms with Gasteiger partial charge < -0.3 is 14.8 Å². The molecule has 3 aromatic carbocycles. The number of amides is 3. The van der Waals surface area contributed by atoms with E-state index in [4.69, 9.17) is 9.47 Å². The number of hydrogen-bond donors (Lipinski definition) is 1. The Kier molecular flexibility index (Phi) is 6.85. The summed E-state index contributed by atoms with van der Waals surface area (Å²) in [6.07, 6.45) is 0. The van der Waals surface area contributed by atoms with Gasteiger partial charge in [0.2, 0.25) is 11.8 Å². The number of likely N-dealkylation sites (tertiary alicyclic amines) is 1. The summed E-state index contributed by atoms with van der Waals surface area (Å²) in [7, 11) is 0. The highest BCUT2D eigenvalue weighted by Gasteiger charge is 2.63. The molecule has 1 saturated heterocycles. The average molecular weight is 553 g/mol. The number of esters is 1. The zero-order valence-electron chi connectivity index (χ0n) is 23.2. The maximum Gasteiger partial charge on any atom is 0.330 e. The van der Waals surface area contributed by atoms with Crippen LogP contribution in [-0.4, -0.2) is 47.8 Å². The van der Waals surface area contributed by atoms with Crippen LogP contribution >= 0.6 is 0 Å². The highest BCUT2D eigenvalue weighted by atomic mass is 16.5. The standard InChI is InChI=1S/C33H32N2O6/c1-4-40-24-16-10-9-15-23(24)34-25(36)17-41-33(39)30(18(2)3)35-31(37)28-26-19-11-5-6-12-20(19)27(29(28)32(35)38)22-14-8-7-13-21(22)26/h5-16,18,26-30H,4,17H2,1-3H3,(H,34,36)/t26?,27?,28-,29+,30-/m1/s1. The van der Waals surface area contributed by atoms with Crippen LogP contribution in [-0.2, 0) is 23.9 Å². The number of ether oxygens (including phenoxy) is 2. The molecule has 3 aromatic rings. The van der Waals surface area contributed by atoms with Gasteiger partial charge >= 0.3 is 5.97 Å². The summed E-state index contributed by atoms with van der Waals surface area (Å²) in [5.74, 6) is -3.68. The average Bonchev–Trinajstić information content (AvgIpc) is 3.23. The quantitative estimate of drug-likeness (QED) is 0.327. The van der Waals surface area contributed by atoms with Gasteiger partial charge in [-0.15, -0.1) is 0 Å². The second-order valence-electron chi connectivity index (χ2n) is 11.1. The van der Waals surface area contributed by atoms with Crippen molar-refractivity contribution < 1.29 is 28.7 Å². The molecule has 3 amide bonds. The Balaban J connectivity index is 1.24. The highest BCUT2D eigenvalue weighted by Crippen LogP contribution is 2.61. The molecule has 7 rings (SSSR count). The van der Waals surface area contributed by atoms with Crippen LogP contribution in [0.4, 0.5) is 5.69 Å². The minimum absolute atomic E-state index is 0.265. The number of nitrogens with one attached hydrogen (secondary N) is 1. The van der Waals surface area contributed by atoms with Crippen LogP contribution in [0.3, 0.4) is 0 Å². The first-order valence-corrected chi connectivity index (χ1v) is 14.1. The number of rotatable bonds is 8. The molecule has 0 aromatic heterocycles. The molecule has 2 bridgehead atoms. The number of para-hydroxylation sites is 2. The number of carbonyl (C=O) groups is 4. The molecule has 0 saturated carbocycles. The Morgan fingerprint density at radius 1 is 0.805 bits per heavy atom. The fraction of sp³-hybridized carbons (Fsp3) is 0.333. The molecular formula is C33H32N2O6. The minimum atomic E-state index is -1.14. The first-order valence-electron chi connectivity index (χ1n) is 14.1. The van der Waals surface area contributed by atoms with Crippen molar-refractivity contribution in [1.29, 1.82) is 0 Å². The van der Waals surface area contributed by atoms with Gasteiger partial charge in [-0.2, -0.15) is 0 Å². The maximum absolute atomic E-state index is 14.1. The molecular weight excluding hydrogens is 520 g/mol. The van der Waals surface area contributed by atoms with Gasteiger partial charge in [-0.1, -0.05) is 74.5 Å². The third-order valence-electron chi connectivity index (χ3n) is 8.44. The fourth-order valence-electron chi connectivity index (χ4n) is 6.91. The normalized spacial score (nSPS) is 22.6. The Bertz CT molecular complexity index is 1430. The van der Waals surface area contributed by atoms with Gasteiger partial charge in [0.05, 0.1) is 24.1 Å². The van der Waals surface area contributed by atoms with Crippen LogP contribution in [0.15, 0.2) is 72.8 Å². The molecule has 0 radical (unpaired) electrons. The van der Waals surface area contributed by atoms with Crippen LogP contribution < -0.4 is 10.1 Å². The van der Waals surface area contributed by atoms with Crippen molar-refractivity contribution in [3.8, 4) is 5.75 Å². The van der Waals surface area contributed by atoms with Gasteiger partial charge in [-0.3, -0.25) is 19.3 Å². The van der Waals surface area contributed by atoms with Crippen molar-refractivity contribution in [3.63, 3.8) is 0 Å². The molecule has 3 atom stereocenters. The summed E-state index contributed by atoms with van der Waals surface area (Å²) >= 11 is 0. The SMILES string of the molecule is CCOc1ccccc1NC(=O)COC(=O)[C@@H](C(C)C)N1C(=O)[C@@H]2C3c4ccccc4C(c4ccccc43)[C@@H]2C1=O. The molecule has 1 aliphatic heterocycles. The van der Waals surface area contributed by atoms with Crippen LogP contribution in [0.25, 0.3) is 0 Å². The Morgan fingerprint density at radius 2 is 1.29 bits per heavy atom. The zero-order valence-corrected chi connectivity index (χ0v) is 23.2. The van der Waals surface area contributed by atoms with Crippen molar-refractivity contribution >= 4 is 29.4 Å². The van der Waals surface area contributed by atoms with E-state index in [9.17, 15) is 19.2 Å². The van der Waals surface area contributed by atoms with E-state index >= 15 is 0 Å². The maximum atomic E-state index is 14.1. The van der Waals surface area contributed by atoms with Crippen molar-refractivity contribution in [2.24, 2.45) is 17.8 Å². The van der Waals surface area contributed by atoms with E-state index in [0.29, 0.717) is 18.0 Å². The smallest absolute Gasteiger partial charge is 0.330 e. The van der Waals surface area contributed by atoms with Gasteiger partial charge in [-0.25, -0.2) is 4.79 Å². The Hall–Kier alpha value is -4.46. The summed E-state index contributed by atoms with van der Waals surface area (Å²) in [6, 6.07) is 21.8. The predicted octanol–water partition coefficient (Wildman–Crippen LogP) is 4.48. The van der Waals surface area contributed by atoms with E-state index in [1.54, 1.807) is 38.1 Å². The molecule has 3 aliphatic carbocycles. The fourth-order valence-corrected chi connectivity index (χ4v) is 6.91. The van der Waals surface area contributed by atoms with E-state index in [1.807, 2.05) is 55.5 Å².